The Morgan fingerprint density at radius 2 is 2.16 bits per heavy atom. The van der Waals surface area contributed by atoms with Gasteiger partial charge in [0.05, 0.1) is 17.8 Å². The summed E-state index contributed by atoms with van der Waals surface area (Å²) in [6, 6.07) is 10.5. The molecule has 1 aromatic carbocycles. The molecule has 3 aromatic rings. The fourth-order valence-electron chi connectivity index (χ4n) is 2.19. The molecule has 0 saturated heterocycles. The summed E-state index contributed by atoms with van der Waals surface area (Å²) in [5.74, 6) is 0. The molecule has 0 aliphatic heterocycles. The average Bonchev–Trinajstić information content (AvgIpc) is 2.97. The Morgan fingerprint density at radius 3 is 2.89 bits per heavy atom. The molecular weight excluding hydrogens is 322 g/mol. The number of hydrogen-bond acceptors (Lipinski definition) is 3. The van der Waals surface area contributed by atoms with Crippen molar-refractivity contribution in [3.63, 3.8) is 0 Å². The van der Waals surface area contributed by atoms with E-state index in [4.69, 9.17) is 5.10 Å². The first-order valence-electron chi connectivity index (χ1n) is 6.10. The first-order valence-corrected chi connectivity index (χ1v) is 7.77. The molecule has 0 saturated carbocycles. The van der Waals surface area contributed by atoms with Gasteiger partial charge in [0.15, 0.2) is 0 Å². The van der Waals surface area contributed by atoms with Gasteiger partial charge in [-0.2, -0.15) is 5.10 Å². The lowest BCUT2D eigenvalue weighted by atomic mass is 10.2. The van der Waals surface area contributed by atoms with Crippen LogP contribution in [0.15, 0.2) is 40.2 Å². The number of hydrogen-bond donors (Lipinski definition) is 1. The van der Waals surface area contributed by atoms with Crippen LogP contribution in [0.25, 0.3) is 10.9 Å². The van der Waals surface area contributed by atoms with Crippen molar-refractivity contribution in [3.05, 3.63) is 50.8 Å². The van der Waals surface area contributed by atoms with E-state index in [9.17, 15) is 0 Å². The largest absolute Gasteiger partial charge is 0.314 e. The number of thiophene rings is 1. The van der Waals surface area contributed by atoms with Gasteiger partial charge in [-0.3, -0.25) is 4.68 Å². The number of rotatable bonds is 4. The molecule has 5 heteroatoms. The molecule has 0 aliphatic carbocycles. The van der Waals surface area contributed by atoms with Gasteiger partial charge in [-0.1, -0.05) is 18.2 Å². The first kappa shape index (κ1) is 12.8. The monoisotopic (exact) mass is 335 g/mol. The summed E-state index contributed by atoms with van der Waals surface area (Å²) in [6.45, 7) is 1.60. The minimum Gasteiger partial charge on any atom is -0.314 e. The molecule has 3 rings (SSSR count). The molecule has 98 valence electrons. The minimum absolute atomic E-state index is 0.791. The second-order valence-corrected chi connectivity index (χ2v) is 6.20. The Morgan fingerprint density at radius 1 is 1.32 bits per heavy atom. The van der Waals surface area contributed by atoms with Crippen LogP contribution in [0.4, 0.5) is 0 Å². The second-order valence-electron chi connectivity index (χ2n) is 4.34. The topological polar surface area (TPSA) is 29.9 Å². The van der Waals surface area contributed by atoms with Gasteiger partial charge in [-0.25, -0.2) is 0 Å². The van der Waals surface area contributed by atoms with Crippen molar-refractivity contribution < 1.29 is 0 Å². The second kappa shape index (κ2) is 5.45. The van der Waals surface area contributed by atoms with E-state index in [1.165, 1.54) is 15.8 Å². The van der Waals surface area contributed by atoms with E-state index in [0.717, 1.165) is 23.3 Å². The highest BCUT2D eigenvalue weighted by Crippen LogP contribution is 2.26. The van der Waals surface area contributed by atoms with Crippen molar-refractivity contribution >= 4 is 38.2 Å². The fraction of sp³-hybridized carbons (Fsp3) is 0.214. The Bertz CT molecular complexity index is 702. The lowest BCUT2D eigenvalue weighted by molar-refractivity contribution is 0.681. The summed E-state index contributed by atoms with van der Waals surface area (Å²) in [6.07, 6.45) is 0. The van der Waals surface area contributed by atoms with Crippen molar-refractivity contribution in [2.75, 3.05) is 7.05 Å². The third kappa shape index (κ3) is 2.45. The molecule has 2 aromatic heterocycles. The van der Waals surface area contributed by atoms with Gasteiger partial charge in [0.2, 0.25) is 0 Å². The van der Waals surface area contributed by atoms with Crippen molar-refractivity contribution in [1.29, 1.82) is 0 Å². The molecule has 0 amide bonds. The molecule has 0 spiro atoms. The number of benzene rings is 1. The van der Waals surface area contributed by atoms with Crippen LogP contribution in [0.3, 0.4) is 0 Å². The molecule has 19 heavy (non-hydrogen) atoms. The predicted molar refractivity (Wildman–Crippen MR) is 83.6 cm³/mol. The van der Waals surface area contributed by atoms with Gasteiger partial charge in [0, 0.05) is 21.3 Å². The standard InChI is InChI=1S/C14H14BrN3S/c1-16-8-12-10-4-2-3-5-13(10)18(17-12)9-14-11(15)6-7-19-14/h2-7,16H,8-9H2,1H3. The van der Waals surface area contributed by atoms with Crippen molar-refractivity contribution in [2.45, 2.75) is 13.1 Å². The lowest BCUT2D eigenvalue weighted by Crippen LogP contribution is -2.07. The maximum Gasteiger partial charge on any atom is 0.0841 e. The summed E-state index contributed by atoms with van der Waals surface area (Å²) in [5, 5.41) is 11.2. The van der Waals surface area contributed by atoms with Crippen LogP contribution in [-0.2, 0) is 13.1 Å². The van der Waals surface area contributed by atoms with E-state index in [1.807, 2.05) is 7.05 Å². The van der Waals surface area contributed by atoms with E-state index < -0.39 is 0 Å². The Labute approximate surface area is 124 Å². The molecule has 3 nitrogen and oxygen atoms in total. The zero-order chi connectivity index (χ0) is 13.2. The zero-order valence-corrected chi connectivity index (χ0v) is 13.0. The number of nitrogens with one attached hydrogen (secondary N) is 1. The number of halogens is 1. The van der Waals surface area contributed by atoms with Crippen LogP contribution in [0.5, 0.6) is 0 Å². The third-order valence-corrected chi connectivity index (χ3v) is 4.97. The summed E-state index contributed by atoms with van der Waals surface area (Å²) in [4.78, 5) is 1.30. The first-order chi connectivity index (χ1) is 9.29. The molecule has 0 atom stereocenters. The third-order valence-electron chi connectivity index (χ3n) is 3.06. The maximum atomic E-state index is 4.74. The van der Waals surface area contributed by atoms with E-state index in [1.54, 1.807) is 11.3 Å². The Balaban J connectivity index is 2.06. The van der Waals surface area contributed by atoms with E-state index >= 15 is 0 Å². The fourth-order valence-corrected chi connectivity index (χ4v) is 3.65. The van der Waals surface area contributed by atoms with Crippen LogP contribution in [-0.4, -0.2) is 16.8 Å². The lowest BCUT2D eigenvalue weighted by Gasteiger charge is -2.02. The molecule has 1 N–H and O–H groups in total. The zero-order valence-electron chi connectivity index (χ0n) is 10.6. The number of nitrogens with zero attached hydrogens (tertiary/aromatic N) is 2. The van der Waals surface area contributed by atoms with Crippen molar-refractivity contribution in [1.82, 2.24) is 15.1 Å². The van der Waals surface area contributed by atoms with Gasteiger partial charge < -0.3 is 5.32 Å². The average molecular weight is 336 g/mol. The van der Waals surface area contributed by atoms with Crippen LogP contribution < -0.4 is 5.32 Å². The van der Waals surface area contributed by atoms with Crippen molar-refractivity contribution in [3.8, 4) is 0 Å². The van der Waals surface area contributed by atoms with E-state index in [2.05, 4.69) is 61.6 Å². The molecule has 0 aliphatic rings. The smallest absolute Gasteiger partial charge is 0.0841 e. The summed E-state index contributed by atoms with van der Waals surface area (Å²) < 4.78 is 3.24. The predicted octanol–water partition coefficient (Wildman–Crippen LogP) is 3.63. The summed E-state index contributed by atoms with van der Waals surface area (Å²) >= 11 is 5.33. The van der Waals surface area contributed by atoms with Crippen LogP contribution >= 0.6 is 27.3 Å². The highest BCUT2D eigenvalue weighted by atomic mass is 79.9. The molecule has 0 bridgehead atoms. The maximum absolute atomic E-state index is 4.74. The van der Waals surface area contributed by atoms with Gasteiger partial charge >= 0.3 is 0 Å². The molecule has 0 fully saturated rings. The quantitative estimate of drug-likeness (QED) is 0.789. The van der Waals surface area contributed by atoms with E-state index in [0.29, 0.717) is 0 Å². The normalized spacial score (nSPS) is 11.3. The number of aromatic nitrogens is 2. The summed E-state index contributed by atoms with van der Waals surface area (Å²) in [5.41, 5.74) is 2.29. The molecule has 0 unspecified atom stereocenters. The van der Waals surface area contributed by atoms with Gasteiger partial charge in [-0.05, 0) is 40.5 Å². The van der Waals surface area contributed by atoms with Crippen LogP contribution in [0, 0.1) is 0 Å². The van der Waals surface area contributed by atoms with E-state index in [-0.39, 0.29) is 0 Å². The highest BCUT2D eigenvalue weighted by molar-refractivity contribution is 9.10. The van der Waals surface area contributed by atoms with Gasteiger partial charge in [-0.15, -0.1) is 11.3 Å². The molecule has 2 heterocycles. The Hall–Kier alpha value is -1.17. The summed E-state index contributed by atoms with van der Waals surface area (Å²) in [7, 11) is 1.95. The minimum atomic E-state index is 0.791. The van der Waals surface area contributed by atoms with Crippen LogP contribution in [0.2, 0.25) is 0 Å². The highest BCUT2D eigenvalue weighted by Gasteiger charge is 2.11. The van der Waals surface area contributed by atoms with Gasteiger partial charge in [0.25, 0.3) is 0 Å². The van der Waals surface area contributed by atoms with Crippen LogP contribution in [0.1, 0.15) is 10.6 Å². The molecular formula is C14H14BrN3S. The number of para-hydroxylation sites is 1. The SMILES string of the molecule is CNCc1nn(Cc2sccc2Br)c2ccccc12. The Kier molecular flexibility index (Phi) is 3.68. The van der Waals surface area contributed by atoms with Gasteiger partial charge in [0.1, 0.15) is 0 Å². The number of fused-ring (bicyclic) bond motifs is 1. The van der Waals surface area contributed by atoms with Crippen molar-refractivity contribution in [2.24, 2.45) is 0 Å². The molecule has 0 radical (unpaired) electrons.